The zero-order valence-corrected chi connectivity index (χ0v) is 15.0. The maximum atomic E-state index is 13.0. The monoisotopic (exact) mass is 370 g/mol. The molecule has 0 unspecified atom stereocenters. The number of hydrogen-bond donors (Lipinski definition) is 1. The number of aromatic nitrogens is 1. The molecule has 0 bridgehead atoms. The van der Waals surface area contributed by atoms with Crippen LogP contribution in [-0.2, 0) is 11.2 Å². The lowest BCUT2D eigenvalue weighted by Crippen LogP contribution is -2.42. The minimum atomic E-state index is -0.579. The number of halogens is 1. The fourth-order valence-corrected chi connectivity index (χ4v) is 4.20. The van der Waals surface area contributed by atoms with Gasteiger partial charge in [-0.25, -0.2) is 4.39 Å². The van der Waals surface area contributed by atoms with Gasteiger partial charge in [0.05, 0.1) is 12.5 Å². The molecule has 1 aliphatic heterocycles. The lowest BCUT2D eigenvalue weighted by atomic mass is 9.78. The molecule has 5 nitrogen and oxygen atoms in total. The molecule has 1 aromatic heterocycles. The van der Waals surface area contributed by atoms with Crippen LogP contribution in [0.15, 0.2) is 48.8 Å². The van der Waals surface area contributed by atoms with E-state index in [-0.39, 0.29) is 17.8 Å². The maximum absolute atomic E-state index is 13.0. The van der Waals surface area contributed by atoms with Crippen molar-refractivity contribution in [2.45, 2.75) is 31.5 Å². The summed E-state index contributed by atoms with van der Waals surface area (Å²) in [7, 11) is 0. The second-order valence-electron chi connectivity index (χ2n) is 7.51. The normalized spacial score (nSPS) is 27.3. The first kappa shape index (κ1) is 17.9. The Morgan fingerprint density at radius 1 is 1.19 bits per heavy atom. The Morgan fingerprint density at radius 2 is 1.93 bits per heavy atom. The van der Waals surface area contributed by atoms with Gasteiger partial charge in [0.25, 0.3) is 0 Å². The Balaban J connectivity index is 1.36. The Bertz CT molecular complexity index is 784. The quantitative estimate of drug-likeness (QED) is 0.898. The van der Waals surface area contributed by atoms with Crippen molar-refractivity contribution in [1.29, 1.82) is 0 Å². The fourth-order valence-electron chi connectivity index (χ4n) is 4.20. The summed E-state index contributed by atoms with van der Waals surface area (Å²) in [5.74, 6) is 0.956. The molecule has 2 aliphatic rings. The third-order valence-corrected chi connectivity index (χ3v) is 5.62. The summed E-state index contributed by atoms with van der Waals surface area (Å²) in [6, 6.07) is 9.59. The van der Waals surface area contributed by atoms with Gasteiger partial charge in [-0.05, 0) is 60.6 Å². The molecule has 0 radical (unpaired) electrons. The van der Waals surface area contributed by atoms with Gasteiger partial charge in [-0.1, -0.05) is 6.07 Å². The molecule has 2 aromatic rings. The Kier molecular flexibility index (Phi) is 5.07. The molecule has 1 saturated carbocycles. The predicted octanol–water partition coefficient (Wildman–Crippen LogP) is 2.44. The molecule has 1 amide bonds. The zero-order chi connectivity index (χ0) is 18.8. The van der Waals surface area contributed by atoms with E-state index in [9.17, 15) is 14.3 Å². The molecule has 2 heterocycles. The van der Waals surface area contributed by atoms with E-state index >= 15 is 0 Å². The predicted molar refractivity (Wildman–Crippen MR) is 97.6 cm³/mol. The average molecular weight is 370 g/mol. The number of amides is 1. The number of rotatable bonds is 4. The summed E-state index contributed by atoms with van der Waals surface area (Å²) in [6.07, 6.45) is 4.17. The van der Waals surface area contributed by atoms with Crippen molar-refractivity contribution in [3.63, 3.8) is 0 Å². The third-order valence-electron chi connectivity index (χ3n) is 5.62. The van der Waals surface area contributed by atoms with Crippen LogP contribution >= 0.6 is 0 Å². The molecule has 4 atom stereocenters. The Hall–Kier alpha value is -2.47. The van der Waals surface area contributed by atoms with Crippen LogP contribution in [0.1, 0.15) is 18.4 Å². The fraction of sp³-hybridized carbons (Fsp3) is 0.429. The van der Waals surface area contributed by atoms with Crippen LogP contribution in [-0.4, -0.2) is 46.2 Å². The number of carbonyl (C=O) groups is 1. The molecule has 1 aromatic carbocycles. The molecule has 1 N–H and O–H groups in total. The van der Waals surface area contributed by atoms with E-state index in [4.69, 9.17) is 4.74 Å². The SMILES string of the molecule is O=C(Cc1cccnc1)N1C[C@H]2C[C@@H](Oc3ccc(F)cc3)[C@H](O)C[C@H]2C1. The van der Waals surface area contributed by atoms with E-state index in [0.29, 0.717) is 49.9 Å². The average Bonchev–Trinajstić information content (AvgIpc) is 3.07. The van der Waals surface area contributed by atoms with E-state index in [0.717, 1.165) is 5.56 Å². The summed E-state index contributed by atoms with van der Waals surface area (Å²) in [5.41, 5.74) is 0.912. The number of carbonyl (C=O) groups excluding carboxylic acids is 1. The van der Waals surface area contributed by atoms with Crippen LogP contribution in [0.3, 0.4) is 0 Å². The Labute approximate surface area is 157 Å². The lowest BCUT2D eigenvalue weighted by Gasteiger charge is -2.35. The number of aliphatic hydroxyl groups excluding tert-OH is 1. The Morgan fingerprint density at radius 3 is 2.63 bits per heavy atom. The standard InChI is InChI=1S/C21H23FN2O3/c22-17-3-5-18(6-4-17)27-20-10-16-13-24(12-15(16)9-19(20)25)21(26)8-14-2-1-7-23-11-14/h1-7,11,15-16,19-20,25H,8-10,12-13H2/t15-,16+,19+,20+/m0/s1. The van der Waals surface area contributed by atoms with Gasteiger partial charge in [-0.15, -0.1) is 0 Å². The van der Waals surface area contributed by atoms with E-state index in [1.54, 1.807) is 24.5 Å². The molecule has 4 rings (SSSR count). The molecule has 2 fully saturated rings. The van der Waals surface area contributed by atoms with Crippen LogP contribution in [0, 0.1) is 17.7 Å². The summed E-state index contributed by atoms with van der Waals surface area (Å²) < 4.78 is 18.9. The summed E-state index contributed by atoms with van der Waals surface area (Å²) in [5, 5.41) is 10.5. The highest BCUT2D eigenvalue weighted by atomic mass is 19.1. The number of fused-ring (bicyclic) bond motifs is 1. The molecule has 6 heteroatoms. The van der Waals surface area contributed by atoms with Crippen molar-refractivity contribution in [3.05, 3.63) is 60.2 Å². The minimum absolute atomic E-state index is 0.0999. The van der Waals surface area contributed by atoms with Crippen molar-refractivity contribution < 1.29 is 19.0 Å². The molecular weight excluding hydrogens is 347 g/mol. The van der Waals surface area contributed by atoms with Crippen LogP contribution < -0.4 is 4.74 Å². The topological polar surface area (TPSA) is 62.7 Å². The first-order valence-electron chi connectivity index (χ1n) is 9.35. The molecule has 142 valence electrons. The van der Waals surface area contributed by atoms with Gasteiger partial charge in [-0.3, -0.25) is 9.78 Å². The van der Waals surface area contributed by atoms with Crippen molar-refractivity contribution in [3.8, 4) is 5.75 Å². The van der Waals surface area contributed by atoms with E-state index < -0.39 is 6.10 Å². The first-order chi connectivity index (χ1) is 13.1. The first-order valence-corrected chi connectivity index (χ1v) is 9.35. The number of nitrogens with zero attached hydrogens (tertiary/aromatic N) is 2. The van der Waals surface area contributed by atoms with Crippen molar-refractivity contribution in [2.24, 2.45) is 11.8 Å². The van der Waals surface area contributed by atoms with Crippen molar-refractivity contribution in [2.75, 3.05) is 13.1 Å². The number of hydrogen-bond acceptors (Lipinski definition) is 4. The molecule has 1 aliphatic carbocycles. The van der Waals surface area contributed by atoms with Gasteiger partial charge in [-0.2, -0.15) is 0 Å². The van der Waals surface area contributed by atoms with Crippen LogP contribution in [0.25, 0.3) is 0 Å². The highest BCUT2D eigenvalue weighted by Crippen LogP contribution is 2.38. The molecule has 0 spiro atoms. The van der Waals surface area contributed by atoms with Gasteiger partial charge < -0.3 is 14.7 Å². The number of pyridine rings is 1. The van der Waals surface area contributed by atoms with Crippen LogP contribution in [0.5, 0.6) is 5.75 Å². The largest absolute Gasteiger partial charge is 0.488 e. The molecular formula is C21H23FN2O3. The summed E-state index contributed by atoms with van der Waals surface area (Å²) >= 11 is 0. The second kappa shape index (κ2) is 7.64. The van der Waals surface area contributed by atoms with Gasteiger partial charge in [0, 0.05) is 25.5 Å². The smallest absolute Gasteiger partial charge is 0.227 e. The van der Waals surface area contributed by atoms with Crippen LogP contribution in [0.4, 0.5) is 4.39 Å². The lowest BCUT2D eigenvalue weighted by molar-refractivity contribution is -0.129. The molecule has 27 heavy (non-hydrogen) atoms. The zero-order valence-electron chi connectivity index (χ0n) is 15.0. The van der Waals surface area contributed by atoms with Gasteiger partial charge in [0.2, 0.25) is 5.91 Å². The second-order valence-corrected chi connectivity index (χ2v) is 7.51. The highest BCUT2D eigenvalue weighted by molar-refractivity contribution is 5.79. The number of aliphatic hydroxyl groups is 1. The number of ether oxygens (including phenoxy) is 1. The van der Waals surface area contributed by atoms with E-state index in [1.807, 2.05) is 17.0 Å². The summed E-state index contributed by atoms with van der Waals surface area (Å²) in [4.78, 5) is 18.6. The van der Waals surface area contributed by atoms with Crippen molar-refractivity contribution >= 4 is 5.91 Å². The third kappa shape index (κ3) is 4.11. The van der Waals surface area contributed by atoms with Crippen molar-refractivity contribution in [1.82, 2.24) is 9.88 Å². The van der Waals surface area contributed by atoms with Gasteiger partial charge in [0.15, 0.2) is 0 Å². The van der Waals surface area contributed by atoms with E-state index in [2.05, 4.69) is 4.98 Å². The van der Waals surface area contributed by atoms with Gasteiger partial charge in [0.1, 0.15) is 17.7 Å². The molecule has 1 saturated heterocycles. The number of likely N-dealkylation sites (tertiary alicyclic amines) is 1. The van der Waals surface area contributed by atoms with Crippen LogP contribution in [0.2, 0.25) is 0 Å². The minimum Gasteiger partial charge on any atom is -0.488 e. The number of benzene rings is 1. The maximum Gasteiger partial charge on any atom is 0.227 e. The van der Waals surface area contributed by atoms with Gasteiger partial charge >= 0.3 is 0 Å². The van der Waals surface area contributed by atoms with E-state index in [1.165, 1.54) is 12.1 Å². The highest BCUT2D eigenvalue weighted by Gasteiger charge is 2.43. The summed E-state index contributed by atoms with van der Waals surface area (Å²) in [6.45, 7) is 1.38.